The average Bonchev–Trinajstić information content (AvgIpc) is 2.99. The van der Waals surface area contributed by atoms with Crippen molar-refractivity contribution in [2.45, 2.75) is 38.6 Å². The van der Waals surface area contributed by atoms with Crippen LogP contribution in [0.5, 0.6) is 0 Å². The highest BCUT2D eigenvalue weighted by molar-refractivity contribution is 5.78. The van der Waals surface area contributed by atoms with Crippen LogP contribution in [0.25, 0.3) is 5.69 Å². The molecule has 3 rings (SSSR count). The topological polar surface area (TPSA) is 76.0 Å². The van der Waals surface area contributed by atoms with Crippen LogP contribution in [0, 0.1) is 11.6 Å². The molecule has 1 aromatic carbocycles. The Hall–Kier alpha value is -2.77. The molecule has 1 aliphatic rings. The van der Waals surface area contributed by atoms with Gasteiger partial charge in [0.05, 0.1) is 12.2 Å². The minimum absolute atomic E-state index is 0.169. The molecule has 26 heavy (non-hydrogen) atoms. The number of hydrogen-bond acceptors (Lipinski definition) is 3. The highest BCUT2D eigenvalue weighted by Crippen LogP contribution is 2.31. The van der Waals surface area contributed by atoms with Crippen molar-refractivity contribution in [3.05, 3.63) is 47.3 Å². The SMILES string of the molecule is CC(=O)NCCC(=O)N[C@@H]1CCCc2c1cnn2-c1ccc(F)cc1F. The van der Waals surface area contributed by atoms with Gasteiger partial charge in [-0.2, -0.15) is 5.10 Å². The number of rotatable bonds is 5. The Labute approximate surface area is 149 Å². The molecular weight excluding hydrogens is 342 g/mol. The van der Waals surface area contributed by atoms with Gasteiger partial charge in [-0.05, 0) is 31.4 Å². The average molecular weight is 362 g/mol. The van der Waals surface area contributed by atoms with Gasteiger partial charge in [0.1, 0.15) is 11.5 Å². The molecule has 2 aromatic rings. The molecule has 0 saturated carbocycles. The summed E-state index contributed by atoms with van der Waals surface area (Å²) in [6.07, 6.45) is 4.08. The van der Waals surface area contributed by atoms with E-state index in [9.17, 15) is 18.4 Å². The van der Waals surface area contributed by atoms with E-state index in [0.29, 0.717) is 6.42 Å². The quantitative estimate of drug-likeness (QED) is 0.856. The zero-order valence-electron chi connectivity index (χ0n) is 14.4. The van der Waals surface area contributed by atoms with Crippen LogP contribution in [0.3, 0.4) is 0 Å². The number of carbonyl (C=O) groups is 2. The lowest BCUT2D eigenvalue weighted by molar-refractivity contribution is -0.122. The molecule has 0 aliphatic heterocycles. The number of fused-ring (bicyclic) bond motifs is 1. The van der Waals surface area contributed by atoms with Gasteiger partial charge in [0, 0.05) is 37.2 Å². The third-order valence-corrected chi connectivity index (χ3v) is 4.38. The van der Waals surface area contributed by atoms with Crippen molar-refractivity contribution in [1.82, 2.24) is 20.4 Å². The van der Waals surface area contributed by atoms with Gasteiger partial charge in [-0.15, -0.1) is 0 Å². The normalized spacial score (nSPS) is 16.0. The lowest BCUT2D eigenvalue weighted by atomic mass is 9.92. The van der Waals surface area contributed by atoms with Gasteiger partial charge >= 0.3 is 0 Å². The van der Waals surface area contributed by atoms with Crippen LogP contribution in [-0.2, 0) is 16.0 Å². The maximum atomic E-state index is 14.1. The summed E-state index contributed by atoms with van der Waals surface area (Å²) in [5.74, 6) is -1.67. The van der Waals surface area contributed by atoms with Gasteiger partial charge in [-0.1, -0.05) is 0 Å². The van der Waals surface area contributed by atoms with E-state index in [4.69, 9.17) is 0 Å². The first-order valence-electron chi connectivity index (χ1n) is 8.51. The summed E-state index contributed by atoms with van der Waals surface area (Å²) in [5.41, 5.74) is 1.84. The second-order valence-corrected chi connectivity index (χ2v) is 6.30. The van der Waals surface area contributed by atoms with Crippen LogP contribution < -0.4 is 10.6 Å². The first-order valence-corrected chi connectivity index (χ1v) is 8.51. The van der Waals surface area contributed by atoms with Crippen molar-refractivity contribution in [3.8, 4) is 5.69 Å². The third-order valence-electron chi connectivity index (χ3n) is 4.38. The van der Waals surface area contributed by atoms with E-state index < -0.39 is 11.6 Å². The van der Waals surface area contributed by atoms with Crippen molar-refractivity contribution in [2.24, 2.45) is 0 Å². The molecule has 2 N–H and O–H groups in total. The van der Waals surface area contributed by atoms with Gasteiger partial charge in [0.25, 0.3) is 0 Å². The maximum absolute atomic E-state index is 14.1. The highest BCUT2D eigenvalue weighted by Gasteiger charge is 2.26. The van der Waals surface area contributed by atoms with E-state index in [2.05, 4.69) is 15.7 Å². The monoisotopic (exact) mass is 362 g/mol. The maximum Gasteiger partial charge on any atom is 0.222 e. The van der Waals surface area contributed by atoms with Crippen molar-refractivity contribution in [2.75, 3.05) is 6.54 Å². The first kappa shape index (κ1) is 18.0. The van der Waals surface area contributed by atoms with E-state index in [1.807, 2.05) is 0 Å². The molecule has 0 radical (unpaired) electrons. The molecule has 138 valence electrons. The molecule has 1 atom stereocenters. The molecule has 0 fully saturated rings. The van der Waals surface area contributed by atoms with Gasteiger partial charge in [0.15, 0.2) is 5.82 Å². The molecule has 1 aliphatic carbocycles. The van der Waals surface area contributed by atoms with Gasteiger partial charge in [0.2, 0.25) is 11.8 Å². The van der Waals surface area contributed by atoms with Crippen LogP contribution in [0.15, 0.2) is 24.4 Å². The Morgan fingerprint density at radius 2 is 2.15 bits per heavy atom. The number of nitrogens with zero attached hydrogens (tertiary/aromatic N) is 2. The fourth-order valence-corrected chi connectivity index (χ4v) is 3.19. The third kappa shape index (κ3) is 3.89. The molecule has 0 saturated heterocycles. The molecule has 2 amide bonds. The van der Waals surface area contributed by atoms with E-state index in [-0.39, 0.29) is 36.5 Å². The highest BCUT2D eigenvalue weighted by atomic mass is 19.1. The molecule has 1 aromatic heterocycles. The molecule has 0 unspecified atom stereocenters. The summed E-state index contributed by atoms with van der Waals surface area (Å²) in [6, 6.07) is 3.17. The standard InChI is InChI=1S/C18H20F2N4O2/c1-11(25)21-8-7-18(26)23-15-3-2-4-16-13(15)10-22-24(16)17-6-5-12(19)9-14(17)20/h5-6,9-10,15H,2-4,7-8H2,1H3,(H,21,25)(H,23,26)/t15-/m1/s1. The summed E-state index contributed by atoms with van der Waals surface area (Å²) < 4.78 is 28.7. The van der Waals surface area contributed by atoms with Gasteiger partial charge in [-0.3, -0.25) is 9.59 Å². The Balaban J connectivity index is 1.76. The number of halogens is 2. The number of amides is 2. The minimum atomic E-state index is -0.683. The zero-order valence-corrected chi connectivity index (χ0v) is 14.4. The Morgan fingerprint density at radius 1 is 1.35 bits per heavy atom. The van der Waals surface area contributed by atoms with E-state index in [1.165, 1.54) is 23.7 Å². The van der Waals surface area contributed by atoms with Gasteiger partial charge in [-0.25, -0.2) is 13.5 Å². The first-order chi connectivity index (χ1) is 12.5. The minimum Gasteiger partial charge on any atom is -0.356 e. The van der Waals surface area contributed by atoms with Crippen molar-refractivity contribution >= 4 is 11.8 Å². The summed E-state index contributed by atoms with van der Waals surface area (Å²) in [6.45, 7) is 1.68. The van der Waals surface area contributed by atoms with Crippen molar-refractivity contribution < 1.29 is 18.4 Å². The van der Waals surface area contributed by atoms with E-state index in [1.54, 1.807) is 6.20 Å². The van der Waals surface area contributed by atoms with Crippen LogP contribution >= 0.6 is 0 Å². The summed E-state index contributed by atoms with van der Waals surface area (Å²) in [4.78, 5) is 22.9. The van der Waals surface area contributed by atoms with Crippen LogP contribution in [0.2, 0.25) is 0 Å². The predicted octanol–water partition coefficient (Wildman–Crippen LogP) is 2.17. The summed E-state index contributed by atoms with van der Waals surface area (Å²) in [7, 11) is 0. The fraction of sp³-hybridized carbons (Fsp3) is 0.389. The van der Waals surface area contributed by atoms with Gasteiger partial charge < -0.3 is 10.6 Å². The van der Waals surface area contributed by atoms with Crippen molar-refractivity contribution in [3.63, 3.8) is 0 Å². The molecule has 6 nitrogen and oxygen atoms in total. The molecule has 1 heterocycles. The second kappa shape index (κ2) is 7.63. The van der Waals surface area contributed by atoms with E-state index in [0.717, 1.165) is 30.2 Å². The molecule has 0 spiro atoms. The molecule has 0 bridgehead atoms. The predicted molar refractivity (Wildman–Crippen MR) is 90.6 cm³/mol. The summed E-state index contributed by atoms with van der Waals surface area (Å²) in [5, 5.41) is 9.77. The number of hydrogen-bond donors (Lipinski definition) is 2. The largest absolute Gasteiger partial charge is 0.356 e. The lowest BCUT2D eigenvalue weighted by Crippen LogP contribution is -2.33. The molecular formula is C18H20F2N4O2. The zero-order chi connectivity index (χ0) is 18.7. The van der Waals surface area contributed by atoms with Crippen LogP contribution in [0.4, 0.5) is 8.78 Å². The van der Waals surface area contributed by atoms with E-state index >= 15 is 0 Å². The number of aromatic nitrogens is 2. The Kier molecular flexibility index (Phi) is 5.29. The second-order valence-electron chi connectivity index (χ2n) is 6.30. The smallest absolute Gasteiger partial charge is 0.222 e. The number of carbonyl (C=O) groups excluding carboxylic acids is 2. The molecule has 8 heteroatoms. The Morgan fingerprint density at radius 3 is 2.88 bits per heavy atom. The summed E-state index contributed by atoms with van der Waals surface area (Å²) >= 11 is 0. The van der Waals surface area contributed by atoms with Crippen molar-refractivity contribution in [1.29, 1.82) is 0 Å². The Bertz CT molecular complexity index is 835. The number of nitrogens with one attached hydrogen (secondary N) is 2. The van der Waals surface area contributed by atoms with Crippen LogP contribution in [0.1, 0.15) is 43.5 Å². The fourth-order valence-electron chi connectivity index (χ4n) is 3.19. The van der Waals surface area contributed by atoms with Crippen LogP contribution in [-0.4, -0.2) is 28.1 Å². The number of benzene rings is 1. The lowest BCUT2D eigenvalue weighted by Gasteiger charge is -2.24.